The number of hydrogen-bond donors (Lipinski definition) is 1. The van der Waals surface area contributed by atoms with Crippen LogP contribution in [-0.2, 0) is 23.6 Å². The van der Waals surface area contributed by atoms with E-state index in [0.29, 0.717) is 19.6 Å². The number of sulfonamides is 1. The number of nitrogens with one attached hydrogen (secondary N) is 1. The molecule has 152 valence electrons. The lowest BCUT2D eigenvalue weighted by atomic mass is 9.94. The Labute approximate surface area is 170 Å². The van der Waals surface area contributed by atoms with Crippen molar-refractivity contribution in [1.82, 2.24) is 19.2 Å². The monoisotopic (exact) mass is 414 g/mol. The van der Waals surface area contributed by atoms with Gasteiger partial charge in [-0.15, -0.1) is 0 Å². The lowest BCUT2D eigenvalue weighted by molar-refractivity contribution is 0.454. The topological polar surface area (TPSA) is 67.2 Å². The summed E-state index contributed by atoms with van der Waals surface area (Å²) in [5.41, 5.74) is 2.03. The maximum absolute atomic E-state index is 13.4. The van der Waals surface area contributed by atoms with Crippen LogP contribution in [0.25, 0.3) is 0 Å². The number of benzene rings is 2. The summed E-state index contributed by atoms with van der Waals surface area (Å²) in [4.78, 5) is 4.02. The maximum atomic E-state index is 13.4. The first-order chi connectivity index (χ1) is 13.9. The number of aryl methyl sites for hydroxylation is 1. The fourth-order valence-corrected chi connectivity index (χ4v) is 5.18. The summed E-state index contributed by atoms with van der Waals surface area (Å²) in [6.07, 6.45) is 2.98. The van der Waals surface area contributed by atoms with Crippen LogP contribution in [0, 0.1) is 5.82 Å². The molecule has 8 heteroatoms. The first-order valence-electron chi connectivity index (χ1n) is 9.44. The van der Waals surface area contributed by atoms with Gasteiger partial charge in [-0.25, -0.2) is 17.8 Å². The zero-order valence-corrected chi connectivity index (χ0v) is 16.9. The third kappa shape index (κ3) is 4.24. The summed E-state index contributed by atoms with van der Waals surface area (Å²) in [6, 6.07) is 16.2. The van der Waals surface area contributed by atoms with Crippen molar-refractivity contribution in [1.29, 1.82) is 0 Å². The second-order valence-corrected chi connectivity index (χ2v) is 9.22. The molecule has 0 amide bonds. The lowest BCUT2D eigenvalue weighted by Gasteiger charge is -2.20. The lowest BCUT2D eigenvalue weighted by Crippen LogP contribution is -2.36. The van der Waals surface area contributed by atoms with E-state index < -0.39 is 10.0 Å². The molecule has 0 radical (unpaired) electrons. The number of rotatable bonds is 6. The van der Waals surface area contributed by atoms with Crippen LogP contribution in [0.15, 0.2) is 72.1 Å². The fourth-order valence-electron chi connectivity index (χ4n) is 3.72. The molecule has 1 aliphatic heterocycles. The van der Waals surface area contributed by atoms with Crippen molar-refractivity contribution >= 4 is 10.0 Å². The largest absolute Gasteiger partial charge is 0.339 e. The molecule has 3 aromatic rings. The van der Waals surface area contributed by atoms with Gasteiger partial charge in [-0.1, -0.05) is 42.5 Å². The molecule has 0 aliphatic carbocycles. The van der Waals surface area contributed by atoms with E-state index in [4.69, 9.17) is 0 Å². The first-order valence-corrected chi connectivity index (χ1v) is 10.9. The van der Waals surface area contributed by atoms with Gasteiger partial charge in [-0.05, 0) is 23.3 Å². The summed E-state index contributed by atoms with van der Waals surface area (Å²) in [6.45, 7) is 1.27. The minimum atomic E-state index is -3.70. The summed E-state index contributed by atoms with van der Waals surface area (Å²) in [5, 5.41) is 3.54. The SMILES string of the molecule is Cn1cnc(S(=O)(=O)N2C[C@H](NCc3ccccc3)[C@@H](c3ccc(F)cc3)C2)c1. The Morgan fingerprint density at radius 2 is 1.83 bits per heavy atom. The summed E-state index contributed by atoms with van der Waals surface area (Å²) >= 11 is 0. The second kappa shape index (κ2) is 8.06. The van der Waals surface area contributed by atoms with Crippen LogP contribution in [0.4, 0.5) is 4.39 Å². The highest BCUT2D eigenvalue weighted by atomic mass is 32.2. The Hall–Kier alpha value is -2.55. The number of aromatic nitrogens is 2. The number of hydrogen-bond acceptors (Lipinski definition) is 4. The standard InChI is InChI=1S/C21H23FN4O2S/c1-25-14-21(24-15-25)29(27,28)26-12-19(17-7-9-18(22)10-8-17)20(13-26)23-11-16-5-3-2-4-6-16/h2-10,14-15,19-20,23H,11-13H2,1H3/t19-,20+/m1/s1. The Bertz CT molecular complexity index is 1070. The molecule has 1 aliphatic rings. The van der Waals surface area contributed by atoms with Gasteiger partial charge in [0.05, 0.1) is 6.33 Å². The highest BCUT2D eigenvalue weighted by Crippen LogP contribution is 2.31. The molecule has 2 atom stereocenters. The molecule has 0 spiro atoms. The average molecular weight is 415 g/mol. The summed E-state index contributed by atoms with van der Waals surface area (Å²) < 4.78 is 42.6. The Morgan fingerprint density at radius 3 is 2.48 bits per heavy atom. The van der Waals surface area contributed by atoms with Gasteiger partial charge in [0.2, 0.25) is 0 Å². The quantitative estimate of drug-likeness (QED) is 0.673. The van der Waals surface area contributed by atoms with Gasteiger partial charge in [0.1, 0.15) is 5.82 Å². The molecular weight excluding hydrogens is 391 g/mol. The molecule has 1 aromatic heterocycles. The Balaban J connectivity index is 1.59. The minimum absolute atomic E-state index is 0.0431. The van der Waals surface area contributed by atoms with E-state index >= 15 is 0 Å². The molecular formula is C21H23FN4O2S. The van der Waals surface area contributed by atoms with Crippen LogP contribution >= 0.6 is 0 Å². The van der Waals surface area contributed by atoms with Crippen LogP contribution in [0.3, 0.4) is 0 Å². The van der Waals surface area contributed by atoms with Crippen LogP contribution in [0.1, 0.15) is 17.0 Å². The van der Waals surface area contributed by atoms with E-state index in [1.54, 1.807) is 23.7 Å². The van der Waals surface area contributed by atoms with Gasteiger partial charge in [0.25, 0.3) is 10.0 Å². The zero-order valence-electron chi connectivity index (χ0n) is 16.1. The molecule has 0 unspecified atom stereocenters. The normalized spacial score (nSPS) is 20.2. The minimum Gasteiger partial charge on any atom is -0.339 e. The fraction of sp³-hybridized carbons (Fsp3) is 0.286. The van der Waals surface area contributed by atoms with E-state index in [0.717, 1.165) is 11.1 Å². The van der Waals surface area contributed by atoms with Crippen LogP contribution in [0.5, 0.6) is 0 Å². The van der Waals surface area contributed by atoms with E-state index in [1.807, 2.05) is 30.3 Å². The highest BCUT2D eigenvalue weighted by molar-refractivity contribution is 7.89. The van der Waals surface area contributed by atoms with Crippen LogP contribution < -0.4 is 5.32 Å². The van der Waals surface area contributed by atoms with Crippen molar-refractivity contribution in [3.63, 3.8) is 0 Å². The predicted octanol–water partition coefficient (Wildman–Crippen LogP) is 2.51. The molecule has 1 fully saturated rings. The van der Waals surface area contributed by atoms with Gasteiger partial charge < -0.3 is 9.88 Å². The zero-order chi connectivity index (χ0) is 20.4. The highest BCUT2D eigenvalue weighted by Gasteiger charge is 2.40. The number of nitrogens with zero attached hydrogens (tertiary/aromatic N) is 3. The molecule has 2 aromatic carbocycles. The second-order valence-electron chi connectivity index (χ2n) is 7.33. The van der Waals surface area contributed by atoms with Crippen molar-refractivity contribution in [3.8, 4) is 0 Å². The van der Waals surface area contributed by atoms with Gasteiger partial charge in [-0.3, -0.25) is 0 Å². The van der Waals surface area contributed by atoms with E-state index in [2.05, 4.69) is 10.3 Å². The molecule has 0 bridgehead atoms. The third-order valence-corrected chi connectivity index (χ3v) is 7.00. The smallest absolute Gasteiger partial charge is 0.262 e. The summed E-state index contributed by atoms with van der Waals surface area (Å²) in [7, 11) is -1.96. The van der Waals surface area contributed by atoms with Crippen LogP contribution in [0.2, 0.25) is 0 Å². The van der Waals surface area contributed by atoms with Crippen molar-refractivity contribution in [2.75, 3.05) is 13.1 Å². The van der Waals surface area contributed by atoms with Gasteiger partial charge in [-0.2, -0.15) is 4.31 Å². The Kier molecular flexibility index (Phi) is 5.49. The molecule has 1 N–H and O–H groups in total. The Morgan fingerprint density at radius 1 is 1.10 bits per heavy atom. The molecule has 2 heterocycles. The van der Waals surface area contributed by atoms with Gasteiger partial charge in [0.15, 0.2) is 5.03 Å². The summed E-state index contributed by atoms with van der Waals surface area (Å²) in [5.74, 6) is -0.392. The van der Waals surface area contributed by atoms with E-state index in [1.165, 1.54) is 29.0 Å². The van der Waals surface area contributed by atoms with Gasteiger partial charge >= 0.3 is 0 Å². The molecule has 1 saturated heterocycles. The average Bonchev–Trinajstić information content (AvgIpc) is 3.35. The van der Waals surface area contributed by atoms with Crippen molar-refractivity contribution in [2.45, 2.75) is 23.5 Å². The van der Waals surface area contributed by atoms with Crippen molar-refractivity contribution in [3.05, 3.63) is 84.1 Å². The molecule has 6 nitrogen and oxygen atoms in total. The van der Waals surface area contributed by atoms with Crippen molar-refractivity contribution in [2.24, 2.45) is 7.05 Å². The molecule has 0 saturated carbocycles. The van der Waals surface area contributed by atoms with Crippen molar-refractivity contribution < 1.29 is 12.8 Å². The van der Waals surface area contributed by atoms with Gasteiger partial charge in [0, 0.05) is 44.8 Å². The first kappa shape index (κ1) is 19.8. The number of imidazole rings is 1. The third-order valence-electron chi connectivity index (χ3n) is 5.28. The molecule has 4 rings (SSSR count). The predicted molar refractivity (Wildman–Crippen MR) is 108 cm³/mol. The van der Waals surface area contributed by atoms with E-state index in [-0.39, 0.29) is 22.8 Å². The number of halogens is 1. The molecule has 29 heavy (non-hydrogen) atoms. The van der Waals surface area contributed by atoms with Crippen LogP contribution in [-0.4, -0.2) is 41.4 Å². The maximum Gasteiger partial charge on any atom is 0.262 e. The van der Waals surface area contributed by atoms with E-state index in [9.17, 15) is 12.8 Å².